The molecule has 0 aromatic heterocycles. The molecular weight excluding hydrogens is 210 g/mol. The van der Waals surface area contributed by atoms with Gasteiger partial charge in [0.15, 0.2) is 5.96 Å². The Labute approximate surface area is 104 Å². The maximum absolute atomic E-state index is 4.56. The van der Waals surface area contributed by atoms with Crippen molar-refractivity contribution in [3.05, 3.63) is 35.9 Å². The standard InChI is InChI=1S/C14H23N3/c1-5-15-13(17-14(2,3)4)16-11-12-9-7-6-8-10-12/h6-10H,5,11H2,1-4H3,(H2,15,16,17). The fraction of sp³-hybridized carbons (Fsp3) is 0.500. The molecule has 0 atom stereocenters. The van der Waals surface area contributed by atoms with E-state index in [2.05, 4.69) is 55.5 Å². The van der Waals surface area contributed by atoms with Crippen LogP contribution in [0.3, 0.4) is 0 Å². The van der Waals surface area contributed by atoms with Gasteiger partial charge in [-0.2, -0.15) is 0 Å². The molecule has 0 aliphatic carbocycles. The maximum Gasteiger partial charge on any atom is 0.191 e. The molecular formula is C14H23N3. The first-order valence-electron chi connectivity index (χ1n) is 6.11. The Bertz CT molecular complexity index is 349. The largest absolute Gasteiger partial charge is 0.357 e. The second-order valence-electron chi connectivity index (χ2n) is 5.06. The van der Waals surface area contributed by atoms with E-state index in [1.807, 2.05) is 18.2 Å². The van der Waals surface area contributed by atoms with Crippen LogP contribution >= 0.6 is 0 Å². The number of guanidine groups is 1. The van der Waals surface area contributed by atoms with Gasteiger partial charge in [0.1, 0.15) is 0 Å². The molecule has 17 heavy (non-hydrogen) atoms. The Morgan fingerprint density at radius 2 is 1.82 bits per heavy atom. The van der Waals surface area contributed by atoms with Crippen LogP contribution in [0.25, 0.3) is 0 Å². The molecule has 0 aliphatic heterocycles. The van der Waals surface area contributed by atoms with Crippen molar-refractivity contribution in [1.82, 2.24) is 10.6 Å². The number of benzene rings is 1. The monoisotopic (exact) mass is 233 g/mol. The predicted molar refractivity (Wildman–Crippen MR) is 74.1 cm³/mol. The highest BCUT2D eigenvalue weighted by molar-refractivity contribution is 5.80. The normalized spacial score (nSPS) is 12.4. The minimum absolute atomic E-state index is 0.0255. The highest BCUT2D eigenvalue weighted by Gasteiger charge is 2.11. The van der Waals surface area contributed by atoms with Crippen molar-refractivity contribution in [2.45, 2.75) is 39.8 Å². The number of nitrogens with zero attached hydrogens (tertiary/aromatic N) is 1. The van der Waals surface area contributed by atoms with Gasteiger partial charge in [-0.05, 0) is 33.3 Å². The molecule has 1 aromatic rings. The predicted octanol–water partition coefficient (Wildman–Crippen LogP) is 2.54. The minimum Gasteiger partial charge on any atom is -0.357 e. The van der Waals surface area contributed by atoms with Crippen molar-refractivity contribution in [2.75, 3.05) is 6.54 Å². The van der Waals surface area contributed by atoms with Gasteiger partial charge in [-0.1, -0.05) is 30.3 Å². The van der Waals surface area contributed by atoms with Gasteiger partial charge >= 0.3 is 0 Å². The van der Waals surface area contributed by atoms with Crippen LogP contribution in [0.2, 0.25) is 0 Å². The second-order valence-corrected chi connectivity index (χ2v) is 5.06. The molecule has 0 spiro atoms. The van der Waals surface area contributed by atoms with Crippen molar-refractivity contribution in [2.24, 2.45) is 4.99 Å². The number of hydrogen-bond donors (Lipinski definition) is 2. The Morgan fingerprint density at radius 1 is 1.18 bits per heavy atom. The molecule has 0 unspecified atom stereocenters. The van der Waals surface area contributed by atoms with Gasteiger partial charge in [-0.25, -0.2) is 4.99 Å². The summed E-state index contributed by atoms with van der Waals surface area (Å²) in [4.78, 5) is 4.56. The first-order valence-corrected chi connectivity index (χ1v) is 6.11. The number of rotatable bonds is 3. The van der Waals surface area contributed by atoms with E-state index in [4.69, 9.17) is 0 Å². The molecule has 0 radical (unpaired) electrons. The Hall–Kier alpha value is -1.51. The van der Waals surface area contributed by atoms with Gasteiger partial charge in [0.25, 0.3) is 0 Å². The summed E-state index contributed by atoms with van der Waals surface area (Å²) in [5.74, 6) is 0.865. The molecule has 0 bridgehead atoms. The van der Waals surface area contributed by atoms with E-state index in [-0.39, 0.29) is 5.54 Å². The summed E-state index contributed by atoms with van der Waals surface area (Å²) in [6.45, 7) is 10.0. The van der Waals surface area contributed by atoms with Gasteiger partial charge in [0.05, 0.1) is 6.54 Å². The van der Waals surface area contributed by atoms with E-state index >= 15 is 0 Å². The highest BCUT2D eigenvalue weighted by atomic mass is 15.2. The smallest absolute Gasteiger partial charge is 0.191 e. The van der Waals surface area contributed by atoms with Crippen LogP contribution in [-0.4, -0.2) is 18.0 Å². The molecule has 3 nitrogen and oxygen atoms in total. The topological polar surface area (TPSA) is 36.4 Å². The van der Waals surface area contributed by atoms with Crippen LogP contribution in [0.1, 0.15) is 33.3 Å². The molecule has 2 N–H and O–H groups in total. The average Bonchev–Trinajstić information content (AvgIpc) is 2.26. The van der Waals surface area contributed by atoms with Gasteiger partial charge in [-0.15, -0.1) is 0 Å². The molecule has 3 heteroatoms. The lowest BCUT2D eigenvalue weighted by Gasteiger charge is -2.23. The third kappa shape index (κ3) is 5.95. The molecule has 0 amide bonds. The summed E-state index contributed by atoms with van der Waals surface area (Å²) in [7, 11) is 0. The number of nitrogens with one attached hydrogen (secondary N) is 2. The maximum atomic E-state index is 4.56. The van der Waals surface area contributed by atoms with Crippen LogP contribution in [0, 0.1) is 0 Å². The summed E-state index contributed by atoms with van der Waals surface area (Å²) < 4.78 is 0. The Morgan fingerprint density at radius 3 is 2.35 bits per heavy atom. The van der Waals surface area contributed by atoms with E-state index in [0.717, 1.165) is 12.5 Å². The van der Waals surface area contributed by atoms with Gasteiger partial charge in [0.2, 0.25) is 0 Å². The van der Waals surface area contributed by atoms with Gasteiger partial charge < -0.3 is 10.6 Å². The Kier molecular flexibility index (Phi) is 5.01. The van der Waals surface area contributed by atoms with Crippen LogP contribution in [0.4, 0.5) is 0 Å². The summed E-state index contributed by atoms with van der Waals surface area (Å²) in [6, 6.07) is 10.3. The SMILES string of the molecule is CCNC(=NCc1ccccc1)NC(C)(C)C. The molecule has 1 aromatic carbocycles. The van der Waals surface area contributed by atoms with Crippen molar-refractivity contribution in [3.63, 3.8) is 0 Å². The van der Waals surface area contributed by atoms with E-state index < -0.39 is 0 Å². The van der Waals surface area contributed by atoms with Crippen molar-refractivity contribution >= 4 is 5.96 Å². The summed E-state index contributed by atoms with van der Waals surface area (Å²) in [6.07, 6.45) is 0. The number of aliphatic imine (C=N–C) groups is 1. The van der Waals surface area contributed by atoms with Crippen molar-refractivity contribution in [1.29, 1.82) is 0 Å². The van der Waals surface area contributed by atoms with E-state index in [0.29, 0.717) is 6.54 Å². The fourth-order valence-corrected chi connectivity index (χ4v) is 1.42. The zero-order valence-electron chi connectivity index (χ0n) is 11.2. The average molecular weight is 233 g/mol. The van der Waals surface area contributed by atoms with Gasteiger partial charge in [-0.3, -0.25) is 0 Å². The van der Waals surface area contributed by atoms with Crippen LogP contribution in [0.15, 0.2) is 35.3 Å². The van der Waals surface area contributed by atoms with Gasteiger partial charge in [0, 0.05) is 12.1 Å². The van der Waals surface area contributed by atoms with E-state index in [9.17, 15) is 0 Å². The van der Waals surface area contributed by atoms with Crippen LogP contribution in [-0.2, 0) is 6.54 Å². The molecule has 94 valence electrons. The molecule has 0 saturated carbocycles. The van der Waals surface area contributed by atoms with Crippen LogP contribution in [0.5, 0.6) is 0 Å². The molecule has 0 aliphatic rings. The third-order valence-corrected chi connectivity index (χ3v) is 2.10. The van der Waals surface area contributed by atoms with Crippen molar-refractivity contribution in [3.8, 4) is 0 Å². The molecule has 0 saturated heterocycles. The zero-order chi connectivity index (χ0) is 12.7. The Balaban J connectivity index is 2.64. The first-order chi connectivity index (χ1) is 8.01. The van der Waals surface area contributed by atoms with Crippen LogP contribution < -0.4 is 10.6 Å². The lowest BCUT2D eigenvalue weighted by atomic mass is 10.1. The quantitative estimate of drug-likeness (QED) is 0.622. The van der Waals surface area contributed by atoms with Crippen molar-refractivity contribution < 1.29 is 0 Å². The van der Waals surface area contributed by atoms with E-state index in [1.54, 1.807) is 0 Å². The summed E-state index contributed by atoms with van der Waals surface area (Å²) in [5, 5.41) is 6.61. The highest BCUT2D eigenvalue weighted by Crippen LogP contribution is 2.02. The summed E-state index contributed by atoms with van der Waals surface area (Å²) >= 11 is 0. The van der Waals surface area contributed by atoms with E-state index in [1.165, 1.54) is 5.56 Å². The lowest BCUT2D eigenvalue weighted by Crippen LogP contribution is -2.47. The molecule has 0 heterocycles. The molecule has 1 rings (SSSR count). The minimum atomic E-state index is 0.0255. The number of hydrogen-bond acceptors (Lipinski definition) is 1. The fourth-order valence-electron chi connectivity index (χ4n) is 1.42. The zero-order valence-corrected chi connectivity index (χ0v) is 11.2. The summed E-state index contributed by atoms with van der Waals surface area (Å²) in [5.41, 5.74) is 1.25. The lowest BCUT2D eigenvalue weighted by molar-refractivity contribution is 0.501. The second kappa shape index (κ2) is 6.28. The molecule has 0 fully saturated rings. The third-order valence-electron chi connectivity index (χ3n) is 2.10. The first kappa shape index (κ1) is 13.6.